The molecule has 0 radical (unpaired) electrons. The van der Waals surface area contributed by atoms with Crippen LogP contribution in [0.3, 0.4) is 0 Å². The van der Waals surface area contributed by atoms with E-state index in [4.69, 9.17) is 4.98 Å². The van der Waals surface area contributed by atoms with Gasteiger partial charge in [-0.1, -0.05) is 6.92 Å². The lowest BCUT2D eigenvalue weighted by atomic mass is 9.98. The van der Waals surface area contributed by atoms with E-state index in [2.05, 4.69) is 27.7 Å². The summed E-state index contributed by atoms with van der Waals surface area (Å²) in [7, 11) is 0. The van der Waals surface area contributed by atoms with Crippen LogP contribution < -0.4 is 0 Å². The zero-order valence-corrected chi connectivity index (χ0v) is 14.3. The number of carbonyl (C=O) groups excluding carboxylic acids is 1. The number of aromatic nitrogens is 4. The number of likely N-dealkylation sites (tertiary alicyclic amines) is 1. The molecule has 24 heavy (non-hydrogen) atoms. The number of hydrogen-bond acceptors (Lipinski definition) is 5. The predicted molar refractivity (Wildman–Crippen MR) is 93.3 cm³/mol. The summed E-state index contributed by atoms with van der Waals surface area (Å²) < 4.78 is 0. The monoisotopic (exact) mass is 341 g/mol. The van der Waals surface area contributed by atoms with E-state index in [1.807, 2.05) is 23.1 Å². The van der Waals surface area contributed by atoms with Crippen molar-refractivity contribution in [2.75, 3.05) is 13.1 Å². The second-order valence-corrected chi connectivity index (χ2v) is 7.04. The molecule has 0 aliphatic carbocycles. The highest BCUT2D eigenvalue weighted by Crippen LogP contribution is 2.30. The number of nitrogens with zero attached hydrogens (tertiary/aromatic N) is 4. The molecule has 0 bridgehead atoms. The lowest BCUT2D eigenvalue weighted by Crippen LogP contribution is -2.39. The minimum absolute atomic E-state index is 0.0665. The third-order valence-corrected chi connectivity index (χ3v) is 5.61. The van der Waals surface area contributed by atoms with Gasteiger partial charge in [0.05, 0.1) is 10.7 Å². The van der Waals surface area contributed by atoms with Crippen molar-refractivity contribution in [1.82, 2.24) is 25.3 Å². The molecule has 1 aliphatic heterocycles. The van der Waals surface area contributed by atoms with Gasteiger partial charge in [-0.25, -0.2) is 4.98 Å². The fraction of sp³-hybridized carbons (Fsp3) is 0.412. The summed E-state index contributed by atoms with van der Waals surface area (Å²) in [5, 5.41) is 14.0. The largest absolute Gasteiger partial charge is 0.338 e. The van der Waals surface area contributed by atoms with E-state index in [-0.39, 0.29) is 5.91 Å². The molecule has 2 aromatic heterocycles. The van der Waals surface area contributed by atoms with Gasteiger partial charge in [-0.15, -0.1) is 11.3 Å². The van der Waals surface area contributed by atoms with E-state index < -0.39 is 0 Å². The van der Waals surface area contributed by atoms with Gasteiger partial charge < -0.3 is 4.90 Å². The van der Waals surface area contributed by atoms with E-state index in [1.54, 1.807) is 11.3 Å². The first kappa shape index (κ1) is 15.3. The van der Waals surface area contributed by atoms with Gasteiger partial charge in [0.15, 0.2) is 0 Å². The van der Waals surface area contributed by atoms with E-state index in [1.165, 1.54) is 0 Å². The molecule has 0 spiro atoms. The number of amides is 1. The third kappa shape index (κ3) is 2.80. The number of piperidine rings is 1. The fourth-order valence-electron chi connectivity index (χ4n) is 3.19. The van der Waals surface area contributed by atoms with Crippen molar-refractivity contribution in [2.45, 2.75) is 32.1 Å². The summed E-state index contributed by atoms with van der Waals surface area (Å²) >= 11 is 1.72. The molecule has 4 rings (SSSR count). The van der Waals surface area contributed by atoms with Crippen LogP contribution in [-0.2, 0) is 6.42 Å². The van der Waals surface area contributed by atoms with Crippen LogP contribution in [0.1, 0.15) is 46.7 Å². The maximum Gasteiger partial charge on any atom is 0.253 e. The Kier molecular flexibility index (Phi) is 4.02. The molecule has 1 atom stereocenters. The summed E-state index contributed by atoms with van der Waals surface area (Å²) in [6.45, 7) is 3.67. The van der Waals surface area contributed by atoms with Crippen molar-refractivity contribution < 1.29 is 4.79 Å². The average molecular weight is 341 g/mol. The molecule has 6 nitrogen and oxygen atoms in total. The van der Waals surface area contributed by atoms with Gasteiger partial charge in [-0.2, -0.15) is 15.4 Å². The number of fused-ring (bicyclic) bond motifs is 1. The van der Waals surface area contributed by atoms with E-state index in [9.17, 15) is 4.79 Å². The van der Waals surface area contributed by atoms with Gasteiger partial charge in [0, 0.05) is 30.0 Å². The fourth-order valence-corrected chi connectivity index (χ4v) is 4.22. The highest BCUT2D eigenvalue weighted by Gasteiger charge is 2.27. The number of thiazole rings is 1. The molecule has 124 valence electrons. The Morgan fingerprint density at radius 2 is 2.25 bits per heavy atom. The first-order valence-electron chi connectivity index (χ1n) is 8.28. The van der Waals surface area contributed by atoms with Crippen molar-refractivity contribution in [1.29, 1.82) is 0 Å². The number of nitrogens with one attached hydrogen (secondary N) is 1. The molecule has 0 saturated carbocycles. The SMILES string of the molecule is CCc1csc([C@H]2CCCN(C(=O)c3ccc4n[nH]nc4c3)C2)n1. The normalized spacial score (nSPS) is 18.2. The molecule has 1 fully saturated rings. The standard InChI is InChI=1S/C17H19N5OS/c1-2-13-10-24-16(18-13)12-4-3-7-22(9-12)17(23)11-5-6-14-15(8-11)20-21-19-14/h5-6,8,10,12H,2-4,7,9H2,1H3,(H,19,20,21)/t12-/m0/s1. The molecular weight excluding hydrogens is 322 g/mol. The number of benzene rings is 1. The van der Waals surface area contributed by atoms with Gasteiger partial charge >= 0.3 is 0 Å². The average Bonchev–Trinajstić information content (AvgIpc) is 3.29. The van der Waals surface area contributed by atoms with Crippen LogP contribution in [0, 0.1) is 0 Å². The van der Waals surface area contributed by atoms with Gasteiger partial charge in [0.1, 0.15) is 11.0 Å². The molecule has 0 unspecified atom stereocenters. The van der Waals surface area contributed by atoms with Crippen molar-refractivity contribution >= 4 is 28.3 Å². The van der Waals surface area contributed by atoms with Crippen LogP contribution in [-0.4, -0.2) is 44.3 Å². The minimum Gasteiger partial charge on any atom is -0.338 e. The Morgan fingerprint density at radius 1 is 1.38 bits per heavy atom. The number of H-pyrrole nitrogens is 1. The van der Waals surface area contributed by atoms with Crippen LogP contribution in [0.2, 0.25) is 0 Å². The van der Waals surface area contributed by atoms with Gasteiger partial charge in [0.2, 0.25) is 0 Å². The van der Waals surface area contributed by atoms with Crippen LogP contribution in [0.5, 0.6) is 0 Å². The van der Waals surface area contributed by atoms with Crippen LogP contribution in [0.4, 0.5) is 0 Å². The summed E-state index contributed by atoms with van der Waals surface area (Å²) in [6, 6.07) is 5.47. The maximum absolute atomic E-state index is 12.9. The van der Waals surface area contributed by atoms with E-state index in [0.717, 1.165) is 54.1 Å². The zero-order valence-electron chi connectivity index (χ0n) is 13.5. The number of carbonyl (C=O) groups is 1. The highest BCUT2D eigenvalue weighted by atomic mass is 32.1. The molecule has 7 heteroatoms. The molecule has 1 amide bonds. The quantitative estimate of drug-likeness (QED) is 0.795. The molecular formula is C17H19N5OS. The topological polar surface area (TPSA) is 74.8 Å². The predicted octanol–water partition coefficient (Wildman–Crippen LogP) is 3.00. The van der Waals surface area contributed by atoms with Crippen molar-refractivity contribution in [2.24, 2.45) is 0 Å². The first-order valence-corrected chi connectivity index (χ1v) is 9.16. The molecule has 3 heterocycles. The van der Waals surface area contributed by atoms with E-state index in [0.29, 0.717) is 11.5 Å². The second-order valence-electron chi connectivity index (χ2n) is 6.15. The summed E-state index contributed by atoms with van der Waals surface area (Å²) in [4.78, 5) is 19.5. The molecule has 3 aromatic rings. The Labute approximate surface area is 143 Å². The second kappa shape index (κ2) is 6.32. The third-order valence-electron chi connectivity index (χ3n) is 4.55. The smallest absolute Gasteiger partial charge is 0.253 e. The molecule has 1 aromatic carbocycles. The Bertz CT molecular complexity index is 871. The Balaban J connectivity index is 1.53. The van der Waals surface area contributed by atoms with E-state index >= 15 is 0 Å². The summed E-state index contributed by atoms with van der Waals surface area (Å²) in [6.07, 6.45) is 3.08. The van der Waals surface area contributed by atoms with Crippen LogP contribution in [0.15, 0.2) is 23.6 Å². The van der Waals surface area contributed by atoms with Gasteiger partial charge in [-0.3, -0.25) is 4.79 Å². The maximum atomic E-state index is 12.9. The van der Waals surface area contributed by atoms with Gasteiger partial charge in [0.25, 0.3) is 5.91 Å². The lowest BCUT2D eigenvalue weighted by Gasteiger charge is -2.32. The van der Waals surface area contributed by atoms with Crippen molar-refractivity contribution in [3.63, 3.8) is 0 Å². The van der Waals surface area contributed by atoms with Crippen LogP contribution >= 0.6 is 11.3 Å². The molecule has 1 N–H and O–H groups in total. The number of hydrogen-bond donors (Lipinski definition) is 1. The first-order chi connectivity index (χ1) is 11.7. The number of aryl methyl sites for hydroxylation is 1. The number of aromatic amines is 1. The molecule has 1 saturated heterocycles. The summed E-state index contributed by atoms with van der Waals surface area (Å²) in [5.41, 5.74) is 3.32. The highest BCUT2D eigenvalue weighted by molar-refractivity contribution is 7.09. The van der Waals surface area contributed by atoms with Crippen LogP contribution in [0.25, 0.3) is 11.0 Å². The van der Waals surface area contributed by atoms with Crippen molar-refractivity contribution in [3.05, 3.63) is 39.8 Å². The molecule has 1 aliphatic rings. The Morgan fingerprint density at radius 3 is 3.08 bits per heavy atom. The van der Waals surface area contributed by atoms with Crippen molar-refractivity contribution in [3.8, 4) is 0 Å². The van der Waals surface area contributed by atoms with Gasteiger partial charge in [-0.05, 0) is 37.5 Å². The Hall–Kier alpha value is -2.28. The summed E-state index contributed by atoms with van der Waals surface area (Å²) in [5.74, 6) is 0.417. The number of rotatable bonds is 3. The minimum atomic E-state index is 0.0665. The zero-order chi connectivity index (χ0) is 16.5. The lowest BCUT2D eigenvalue weighted by molar-refractivity contribution is 0.0707.